The number of nitrogens with one attached hydrogen (secondary N) is 1. The fraction of sp³-hybridized carbons (Fsp3) is 0.357. The second-order valence-electron chi connectivity index (χ2n) is 4.89. The van der Waals surface area contributed by atoms with E-state index in [0.717, 1.165) is 18.2 Å². The number of carbonyl (C=O) groups is 1. The summed E-state index contributed by atoms with van der Waals surface area (Å²) in [5.74, 6) is 0.175. The molecule has 2 aromatic rings. The van der Waals surface area contributed by atoms with Crippen molar-refractivity contribution in [2.45, 2.75) is 31.1 Å². The number of nitrogens with zero attached hydrogens (tertiary/aromatic N) is 2. The van der Waals surface area contributed by atoms with Crippen LogP contribution in [-0.4, -0.2) is 30.8 Å². The maximum atomic E-state index is 11.4. The summed E-state index contributed by atoms with van der Waals surface area (Å²) >= 11 is 0. The van der Waals surface area contributed by atoms with Crippen LogP contribution in [0.15, 0.2) is 33.6 Å². The van der Waals surface area contributed by atoms with E-state index >= 15 is 0 Å². The van der Waals surface area contributed by atoms with Gasteiger partial charge >= 0.3 is 6.01 Å². The molecule has 0 atom stereocenters. The van der Waals surface area contributed by atoms with Crippen LogP contribution in [0.3, 0.4) is 0 Å². The van der Waals surface area contributed by atoms with Crippen molar-refractivity contribution in [3.05, 3.63) is 35.7 Å². The van der Waals surface area contributed by atoms with Crippen molar-refractivity contribution >= 4 is 21.8 Å². The van der Waals surface area contributed by atoms with E-state index in [9.17, 15) is 13.2 Å². The topological polar surface area (TPSA) is 102 Å². The summed E-state index contributed by atoms with van der Waals surface area (Å²) in [4.78, 5) is 11.7. The number of hydrogen-bond donors (Lipinski definition) is 1. The molecule has 0 aliphatic carbocycles. The minimum Gasteiger partial charge on any atom is -0.407 e. The predicted octanol–water partition coefficient (Wildman–Crippen LogP) is 1.80. The van der Waals surface area contributed by atoms with E-state index in [2.05, 4.69) is 15.5 Å². The molecule has 0 spiro atoms. The van der Waals surface area contributed by atoms with E-state index in [1.54, 1.807) is 12.1 Å². The second-order valence-corrected chi connectivity index (χ2v) is 6.91. The molecule has 0 unspecified atom stereocenters. The van der Waals surface area contributed by atoms with Crippen LogP contribution in [0, 0.1) is 0 Å². The Labute approximate surface area is 128 Å². The Kier molecular flexibility index (Phi) is 4.92. The van der Waals surface area contributed by atoms with Gasteiger partial charge in [0.15, 0.2) is 9.84 Å². The summed E-state index contributed by atoms with van der Waals surface area (Å²) in [6, 6.07) is 6.52. The van der Waals surface area contributed by atoms with Gasteiger partial charge in [-0.05, 0) is 24.1 Å². The molecule has 1 N–H and O–H groups in total. The van der Waals surface area contributed by atoms with Gasteiger partial charge in [0.05, 0.1) is 11.3 Å². The van der Waals surface area contributed by atoms with Crippen LogP contribution in [0.2, 0.25) is 0 Å². The van der Waals surface area contributed by atoms with Crippen molar-refractivity contribution in [2.24, 2.45) is 0 Å². The summed E-state index contributed by atoms with van der Waals surface area (Å²) in [5.41, 5.74) is 0.836. The Balaban J connectivity index is 2.02. The highest BCUT2D eigenvalue weighted by Gasteiger charge is 2.11. The van der Waals surface area contributed by atoms with Gasteiger partial charge in [0.2, 0.25) is 11.8 Å². The molecule has 0 radical (unpaired) electrons. The quantitative estimate of drug-likeness (QED) is 0.869. The Hall–Kier alpha value is -2.22. The highest BCUT2D eigenvalue weighted by molar-refractivity contribution is 7.90. The Morgan fingerprint density at radius 1 is 1.23 bits per heavy atom. The minimum absolute atomic E-state index is 0.0706. The molecule has 0 aliphatic rings. The van der Waals surface area contributed by atoms with Crippen LogP contribution in [-0.2, 0) is 21.1 Å². The summed E-state index contributed by atoms with van der Waals surface area (Å²) in [7, 11) is -3.21. The number of amides is 1. The first-order valence-electron chi connectivity index (χ1n) is 6.79. The van der Waals surface area contributed by atoms with Crippen LogP contribution in [0.5, 0.6) is 0 Å². The predicted molar refractivity (Wildman–Crippen MR) is 80.2 cm³/mol. The Morgan fingerprint density at radius 3 is 2.50 bits per heavy atom. The molecule has 22 heavy (non-hydrogen) atoms. The summed E-state index contributed by atoms with van der Waals surface area (Å²) < 4.78 is 28.1. The average molecular weight is 323 g/mol. The third-order valence-corrected chi connectivity index (χ3v) is 4.03. The molecule has 1 aromatic carbocycles. The van der Waals surface area contributed by atoms with Crippen LogP contribution < -0.4 is 5.32 Å². The molecule has 118 valence electrons. The zero-order valence-electron chi connectivity index (χ0n) is 12.4. The van der Waals surface area contributed by atoms with Crippen LogP contribution in [0.25, 0.3) is 0 Å². The Bertz CT molecular complexity index is 751. The van der Waals surface area contributed by atoms with E-state index < -0.39 is 9.84 Å². The van der Waals surface area contributed by atoms with Gasteiger partial charge < -0.3 is 4.42 Å². The molecule has 0 saturated heterocycles. The molecule has 0 saturated carbocycles. The van der Waals surface area contributed by atoms with Crippen molar-refractivity contribution in [1.82, 2.24) is 10.2 Å². The lowest BCUT2D eigenvalue weighted by Crippen LogP contribution is -2.10. The first-order valence-corrected chi connectivity index (χ1v) is 8.69. The lowest BCUT2D eigenvalue weighted by molar-refractivity contribution is -0.116. The fourth-order valence-electron chi connectivity index (χ4n) is 1.81. The molecule has 0 aliphatic heterocycles. The van der Waals surface area contributed by atoms with Crippen molar-refractivity contribution < 1.29 is 17.6 Å². The molecule has 1 aromatic heterocycles. The molecule has 1 amide bonds. The highest BCUT2D eigenvalue weighted by Crippen LogP contribution is 2.14. The first kappa shape index (κ1) is 16.2. The van der Waals surface area contributed by atoms with Gasteiger partial charge in [0.25, 0.3) is 0 Å². The molecular formula is C14H17N3O4S. The van der Waals surface area contributed by atoms with Gasteiger partial charge in [-0.1, -0.05) is 24.2 Å². The van der Waals surface area contributed by atoms with E-state index in [0.29, 0.717) is 18.7 Å². The number of benzene rings is 1. The van der Waals surface area contributed by atoms with Gasteiger partial charge in [-0.2, -0.15) is 0 Å². The number of rotatable bonds is 6. The van der Waals surface area contributed by atoms with Gasteiger partial charge in [-0.3, -0.25) is 10.1 Å². The van der Waals surface area contributed by atoms with Crippen molar-refractivity contribution in [3.8, 4) is 0 Å². The van der Waals surface area contributed by atoms with E-state index in [-0.39, 0.29) is 16.8 Å². The van der Waals surface area contributed by atoms with Crippen molar-refractivity contribution in [2.75, 3.05) is 11.6 Å². The monoisotopic (exact) mass is 323 g/mol. The second kappa shape index (κ2) is 6.69. The number of carbonyl (C=O) groups excluding carboxylic acids is 1. The van der Waals surface area contributed by atoms with Crippen LogP contribution in [0.4, 0.5) is 6.01 Å². The smallest absolute Gasteiger partial charge is 0.322 e. The normalized spacial score (nSPS) is 11.4. The minimum atomic E-state index is -3.21. The number of aromatic nitrogens is 2. The molecule has 8 heteroatoms. The fourth-order valence-corrected chi connectivity index (χ4v) is 2.44. The summed E-state index contributed by atoms with van der Waals surface area (Å²) in [6.07, 6.45) is 2.65. The molecule has 7 nitrogen and oxygen atoms in total. The third-order valence-electron chi connectivity index (χ3n) is 2.90. The third kappa shape index (κ3) is 4.39. The summed E-state index contributed by atoms with van der Waals surface area (Å²) in [5, 5.41) is 10.1. The highest BCUT2D eigenvalue weighted by atomic mass is 32.2. The first-order chi connectivity index (χ1) is 10.4. The van der Waals surface area contributed by atoms with E-state index in [1.807, 2.05) is 6.92 Å². The van der Waals surface area contributed by atoms with Crippen LogP contribution >= 0.6 is 0 Å². The number of hydrogen-bond acceptors (Lipinski definition) is 6. The van der Waals surface area contributed by atoms with Crippen molar-refractivity contribution in [1.29, 1.82) is 0 Å². The maximum Gasteiger partial charge on any atom is 0.322 e. The van der Waals surface area contributed by atoms with E-state index in [4.69, 9.17) is 4.42 Å². The van der Waals surface area contributed by atoms with Gasteiger partial charge in [-0.15, -0.1) is 5.10 Å². The number of sulfone groups is 1. The van der Waals surface area contributed by atoms with Gasteiger partial charge in [0.1, 0.15) is 0 Å². The summed E-state index contributed by atoms with van der Waals surface area (Å²) in [6.45, 7) is 1.90. The van der Waals surface area contributed by atoms with Crippen LogP contribution in [0.1, 0.15) is 31.2 Å². The maximum absolute atomic E-state index is 11.4. The SMILES string of the molecule is CCCC(=O)Nc1nnc(Cc2ccc(S(C)(=O)=O)cc2)o1. The molecule has 1 heterocycles. The van der Waals surface area contributed by atoms with Crippen molar-refractivity contribution in [3.63, 3.8) is 0 Å². The largest absolute Gasteiger partial charge is 0.407 e. The van der Waals surface area contributed by atoms with Gasteiger partial charge in [-0.25, -0.2) is 8.42 Å². The number of anilines is 1. The molecule has 0 bridgehead atoms. The van der Waals surface area contributed by atoms with E-state index in [1.165, 1.54) is 12.1 Å². The standard InChI is InChI=1S/C14H17N3O4S/c1-3-4-12(18)15-14-17-16-13(21-14)9-10-5-7-11(8-6-10)22(2,19)20/h5-8H,3-4,9H2,1-2H3,(H,15,17,18). The zero-order chi connectivity index (χ0) is 16.2. The molecule has 2 rings (SSSR count). The van der Waals surface area contributed by atoms with Gasteiger partial charge in [0, 0.05) is 12.7 Å². The lowest BCUT2D eigenvalue weighted by atomic mass is 10.1. The molecular weight excluding hydrogens is 306 g/mol. The average Bonchev–Trinajstić information content (AvgIpc) is 2.85. The lowest BCUT2D eigenvalue weighted by Gasteiger charge is -2.00. The Morgan fingerprint density at radius 2 is 1.91 bits per heavy atom. The zero-order valence-corrected chi connectivity index (χ0v) is 13.2. The molecule has 0 fully saturated rings.